The maximum absolute atomic E-state index is 5.91. The van der Waals surface area contributed by atoms with Gasteiger partial charge in [-0.05, 0) is 39.5 Å². The van der Waals surface area contributed by atoms with Gasteiger partial charge in [-0.15, -0.1) is 11.3 Å². The Morgan fingerprint density at radius 1 is 1.46 bits per heavy atom. The van der Waals surface area contributed by atoms with E-state index in [0.717, 1.165) is 25.3 Å². The summed E-state index contributed by atoms with van der Waals surface area (Å²) < 4.78 is 7.29. The SMILES string of the molecule is COc1ccc2cc(Br)sc2c1N. The van der Waals surface area contributed by atoms with Crippen LogP contribution >= 0.6 is 27.3 Å². The van der Waals surface area contributed by atoms with Crippen molar-refractivity contribution < 1.29 is 4.74 Å². The van der Waals surface area contributed by atoms with Crippen LogP contribution < -0.4 is 10.5 Å². The molecule has 0 fully saturated rings. The summed E-state index contributed by atoms with van der Waals surface area (Å²) in [5.74, 6) is 0.738. The summed E-state index contributed by atoms with van der Waals surface area (Å²) in [6.07, 6.45) is 0. The van der Waals surface area contributed by atoms with Crippen molar-refractivity contribution in [3.63, 3.8) is 0 Å². The molecular formula is C9H8BrNOS. The normalized spacial score (nSPS) is 10.6. The van der Waals surface area contributed by atoms with E-state index < -0.39 is 0 Å². The van der Waals surface area contributed by atoms with Crippen LogP contribution in [0.5, 0.6) is 5.75 Å². The second-order valence-corrected chi connectivity index (χ2v) is 5.08. The van der Waals surface area contributed by atoms with Gasteiger partial charge in [-0.1, -0.05) is 0 Å². The molecule has 0 saturated carbocycles. The lowest BCUT2D eigenvalue weighted by atomic mass is 10.2. The number of nitrogen functional groups attached to an aromatic ring is 1. The molecule has 0 spiro atoms. The standard InChI is InChI=1S/C9H8BrNOS/c1-12-6-3-2-5-4-7(10)13-9(5)8(6)11/h2-4H,11H2,1H3. The van der Waals surface area contributed by atoms with Crippen LogP contribution in [0.3, 0.4) is 0 Å². The first-order valence-electron chi connectivity index (χ1n) is 3.74. The molecule has 13 heavy (non-hydrogen) atoms. The molecule has 2 N–H and O–H groups in total. The second-order valence-electron chi connectivity index (χ2n) is 2.65. The number of methoxy groups -OCH3 is 1. The molecule has 0 amide bonds. The van der Waals surface area contributed by atoms with E-state index in [4.69, 9.17) is 10.5 Å². The van der Waals surface area contributed by atoms with Crippen molar-refractivity contribution in [1.82, 2.24) is 0 Å². The van der Waals surface area contributed by atoms with Gasteiger partial charge >= 0.3 is 0 Å². The summed E-state index contributed by atoms with van der Waals surface area (Å²) in [4.78, 5) is 0. The zero-order chi connectivity index (χ0) is 9.42. The molecule has 0 aliphatic heterocycles. The van der Waals surface area contributed by atoms with Gasteiger partial charge in [0.1, 0.15) is 5.75 Å². The van der Waals surface area contributed by atoms with Crippen molar-refractivity contribution in [2.24, 2.45) is 0 Å². The number of rotatable bonds is 1. The third-order valence-corrected chi connectivity index (χ3v) is 3.56. The molecule has 1 heterocycles. The van der Waals surface area contributed by atoms with E-state index in [9.17, 15) is 0 Å². The summed E-state index contributed by atoms with van der Waals surface area (Å²) >= 11 is 5.05. The van der Waals surface area contributed by atoms with Crippen LogP contribution in [0.1, 0.15) is 0 Å². The molecule has 1 aromatic heterocycles. The first kappa shape index (κ1) is 8.84. The van der Waals surface area contributed by atoms with E-state index in [0.29, 0.717) is 0 Å². The van der Waals surface area contributed by atoms with E-state index in [1.807, 2.05) is 12.1 Å². The summed E-state index contributed by atoms with van der Waals surface area (Å²) in [5, 5.41) is 1.15. The third kappa shape index (κ3) is 1.40. The molecule has 2 nitrogen and oxygen atoms in total. The summed E-state index contributed by atoms with van der Waals surface area (Å²) in [7, 11) is 1.63. The topological polar surface area (TPSA) is 35.2 Å². The smallest absolute Gasteiger partial charge is 0.143 e. The van der Waals surface area contributed by atoms with Gasteiger partial charge < -0.3 is 10.5 Å². The highest BCUT2D eigenvalue weighted by Gasteiger charge is 2.07. The molecule has 1 aromatic carbocycles. The largest absolute Gasteiger partial charge is 0.495 e. The minimum atomic E-state index is 0.718. The lowest BCUT2D eigenvalue weighted by Gasteiger charge is -2.03. The number of halogens is 1. The Labute approximate surface area is 88.4 Å². The molecule has 68 valence electrons. The second kappa shape index (κ2) is 3.20. The highest BCUT2D eigenvalue weighted by molar-refractivity contribution is 9.11. The van der Waals surface area contributed by atoms with Gasteiger partial charge in [0, 0.05) is 0 Å². The molecule has 2 rings (SSSR count). The zero-order valence-electron chi connectivity index (χ0n) is 7.00. The van der Waals surface area contributed by atoms with Crippen molar-refractivity contribution >= 4 is 43.0 Å². The van der Waals surface area contributed by atoms with Gasteiger partial charge in [0.25, 0.3) is 0 Å². The number of nitrogens with two attached hydrogens (primary N) is 1. The molecule has 4 heteroatoms. The first-order valence-corrected chi connectivity index (χ1v) is 5.35. The van der Waals surface area contributed by atoms with Gasteiger partial charge in [-0.3, -0.25) is 0 Å². The summed E-state index contributed by atoms with van der Waals surface area (Å²) in [6.45, 7) is 0. The number of fused-ring (bicyclic) bond motifs is 1. The van der Waals surface area contributed by atoms with Crippen LogP contribution in [-0.4, -0.2) is 7.11 Å². The van der Waals surface area contributed by atoms with E-state index in [-0.39, 0.29) is 0 Å². The highest BCUT2D eigenvalue weighted by atomic mass is 79.9. The van der Waals surface area contributed by atoms with Crippen molar-refractivity contribution in [2.45, 2.75) is 0 Å². The average molecular weight is 258 g/mol. The Morgan fingerprint density at radius 2 is 2.23 bits per heavy atom. The fourth-order valence-corrected chi connectivity index (χ4v) is 2.82. The van der Waals surface area contributed by atoms with Gasteiger partial charge in [0.05, 0.1) is 21.3 Å². The average Bonchev–Trinajstić information content (AvgIpc) is 2.47. The number of thiophene rings is 1. The first-order chi connectivity index (χ1) is 6.22. The summed E-state index contributed by atoms with van der Waals surface area (Å²) in [6, 6.07) is 5.94. The quantitative estimate of drug-likeness (QED) is 0.797. The van der Waals surface area contributed by atoms with Crippen LogP contribution in [0.2, 0.25) is 0 Å². The molecule has 0 bridgehead atoms. The van der Waals surface area contributed by atoms with Gasteiger partial charge in [-0.2, -0.15) is 0 Å². The number of ether oxygens (including phenoxy) is 1. The zero-order valence-corrected chi connectivity index (χ0v) is 9.41. The molecule has 0 aliphatic rings. The van der Waals surface area contributed by atoms with E-state index in [1.54, 1.807) is 18.4 Å². The Kier molecular flexibility index (Phi) is 2.17. The van der Waals surface area contributed by atoms with Crippen LogP contribution in [0, 0.1) is 0 Å². The van der Waals surface area contributed by atoms with Crippen molar-refractivity contribution in [3.05, 3.63) is 22.0 Å². The molecular weight excluding hydrogens is 250 g/mol. The lowest BCUT2D eigenvalue weighted by Crippen LogP contribution is -1.91. The van der Waals surface area contributed by atoms with Crippen molar-refractivity contribution in [3.8, 4) is 5.75 Å². The molecule has 0 saturated heterocycles. The molecule has 2 aromatic rings. The van der Waals surface area contributed by atoms with Gasteiger partial charge in [-0.25, -0.2) is 0 Å². The fourth-order valence-electron chi connectivity index (χ4n) is 1.25. The van der Waals surface area contributed by atoms with Crippen LogP contribution in [0.4, 0.5) is 5.69 Å². The maximum atomic E-state index is 5.91. The van der Waals surface area contributed by atoms with Crippen LogP contribution in [-0.2, 0) is 0 Å². The van der Waals surface area contributed by atoms with E-state index >= 15 is 0 Å². The Bertz CT molecular complexity index is 452. The molecule has 0 atom stereocenters. The predicted octanol–water partition coefficient (Wildman–Crippen LogP) is 3.25. The van der Waals surface area contributed by atoms with Gasteiger partial charge in [0.15, 0.2) is 0 Å². The Balaban J connectivity index is 2.78. The van der Waals surface area contributed by atoms with E-state index in [1.165, 1.54) is 0 Å². The minimum absolute atomic E-state index is 0.718. The Morgan fingerprint density at radius 3 is 2.92 bits per heavy atom. The predicted molar refractivity (Wildman–Crippen MR) is 60.5 cm³/mol. The number of hydrogen-bond acceptors (Lipinski definition) is 3. The minimum Gasteiger partial charge on any atom is -0.495 e. The number of hydrogen-bond donors (Lipinski definition) is 1. The number of anilines is 1. The van der Waals surface area contributed by atoms with Crippen molar-refractivity contribution in [2.75, 3.05) is 12.8 Å². The fraction of sp³-hybridized carbons (Fsp3) is 0.111. The molecule has 0 radical (unpaired) electrons. The third-order valence-electron chi connectivity index (χ3n) is 1.87. The maximum Gasteiger partial charge on any atom is 0.143 e. The Hall–Kier alpha value is -0.740. The van der Waals surface area contributed by atoms with Gasteiger partial charge in [0.2, 0.25) is 0 Å². The summed E-state index contributed by atoms with van der Waals surface area (Å²) in [5.41, 5.74) is 6.63. The molecule has 0 unspecified atom stereocenters. The van der Waals surface area contributed by atoms with Crippen LogP contribution in [0.25, 0.3) is 10.1 Å². The lowest BCUT2D eigenvalue weighted by molar-refractivity contribution is 0.417. The van der Waals surface area contributed by atoms with Crippen LogP contribution in [0.15, 0.2) is 22.0 Å². The monoisotopic (exact) mass is 257 g/mol. The number of benzene rings is 1. The van der Waals surface area contributed by atoms with Crippen molar-refractivity contribution in [1.29, 1.82) is 0 Å². The molecule has 0 aliphatic carbocycles. The highest BCUT2D eigenvalue weighted by Crippen LogP contribution is 2.38. The van der Waals surface area contributed by atoms with E-state index in [2.05, 4.69) is 22.0 Å².